The molecule has 1 aromatic carbocycles. The zero-order valence-electron chi connectivity index (χ0n) is 21.9. The number of nitrogens with zero attached hydrogens (tertiary/aromatic N) is 1. The highest BCUT2D eigenvalue weighted by Crippen LogP contribution is 2.66. The molecule has 1 N–H and O–H groups in total. The summed E-state index contributed by atoms with van der Waals surface area (Å²) in [6.45, 7) is 6.56. The van der Waals surface area contributed by atoms with Crippen LogP contribution in [0.5, 0.6) is 0 Å². The fourth-order valence-corrected chi connectivity index (χ4v) is 9.05. The Balaban J connectivity index is 1.21. The molecule has 0 bridgehead atoms. The van der Waals surface area contributed by atoms with Crippen LogP contribution in [0.15, 0.2) is 24.3 Å². The van der Waals surface area contributed by atoms with Crippen molar-refractivity contribution in [1.82, 2.24) is 4.90 Å². The number of piperidine rings is 1. The van der Waals surface area contributed by atoms with E-state index >= 15 is 0 Å². The van der Waals surface area contributed by atoms with Gasteiger partial charge in [0.05, 0.1) is 0 Å². The van der Waals surface area contributed by atoms with Crippen LogP contribution in [-0.2, 0) is 9.59 Å². The van der Waals surface area contributed by atoms with Crippen molar-refractivity contribution < 1.29 is 14.4 Å². The molecule has 1 unspecified atom stereocenters. The number of hydrogen-bond donors (Lipinski definition) is 1. The lowest BCUT2D eigenvalue weighted by atomic mass is 9.46. The second-order valence-corrected chi connectivity index (χ2v) is 12.5. The second kappa shape index (κ2) is 9.05. The Morgan fingerprint density at radius 2 is 1.69 bits per heavy atom. The van der Waals surface area contributed by atoms with Gasteiger partial charge in [-0.15, -0.1) is 0 Å². The molecule has 3 saturated carbocycles. The molecule has 5 nitrogen and oxygen atoms in total. The second-order valence-electron chi connectivity index (χ2n) is 12.5. The molecule has 1 saturated heterocycles. The van der Waals surface area contributed by atoms with E-state index in [9.17, 15) is 14.4 Å². The molecule has 5 rings (SSSR count). The molecule has 2 amide bonds. The molecule has 1 aromatic rings. The summed E-state index contributed by atoms with van der Waals surface area (Å²) in [5, 5.41) is 3.02. The summed E-state index contributed by atoms with van der Waals surface area (Å²) in [5.74, 6) is 3.32. The molecule has 1 aliphatic heterocycles. The first-order valence-corrected chi connectivity index (χ1v) is 13.8. The van der Waals surface area contributed by atoms with Crippen molar-refractivity contribution in [2.24, 2.45) is 34.5 Å². The number of likely N-dealkylation sites (tertiary alicyclic amines) is 1. The number of amides is 2. The fourth-order valence-electron chi connectivity index (χ4n) is 9.05. The normalized spacial score (nSPS) is 38.3. The third kappa shape index (κ3) is 4.13. The first kappa shape index (κ1) is 24.5. The van der Waals surface area contributed by atoms with Gasteiger partial charge >= 0.3 is 0 Å². The highest BCUT2D eigenvalue weighted by Gasteiger charge is 2.60. The van der Waals surface area contributed by atoms with Gasteiger partial charge in [-0.1, -0.05) is 13.8 Å². The molecule has 4 aliphatic rings. The summed E-state index contributed by atoms with van der Waals surface area (Å²) < 4.78 is 0. The summed E-state index contributed by atoms with van der Waals surface area (Å²) in [6.07, 6.45) is 10.8. The number of Topliss-reactive ketones (excluding diaryl/α,β-unsaturated/α-hetero) is 1. The number of anilines is 1. The van der Waals surface area contributed by atoms with Crippen LogP contribution in [0.4, 0.5) is 5.69 Å². The quantitative estimate of drug-likeness (QED) is 0.521. The average Bonchev–Trinajstić information content (AvgIpc) is 3.17. The maximum atomic E-state index is 12.7. The number of rotatable bonds is 5. The van der Waals surface area contributed by atoms with E-state index in [-0.39, 0.29) is 17.1 Å². The largest absolute Gasteiger partial charge is 0.342 e. The van der Waals surface area contributed by atoms with Crippen molar-refractivity contribution in [2.45, 2.75) is 91.0 Å². The summed E-state index contributed by atoms with van der Waals surface area (Å²) in [6, 6.07) is 7.59. The molecule has 5 heteroatoms. The molecule has 4 fully saturated rings. The molecule has 1 heterocycles. The van der Waals surface area contributed by atoms with Gasteiger partial charge in [-0.05, 0) is 117 Å². The van der Waals surface area contributed by atoms with Gasteiger partial charge in [-0.2, -0.15) is 0 Å². The Kier molecular flexibility index (Phi) is 6.34. The minimum Gasteiger partial charge on any atom is -0.342 e. The van der Waals surface area contributed by atoms with Crippen LogP contribution < -0.4 is 5.32 Å². The average molecular weight is 479 g/mol. The van der Waals surface area contributed by atoms with Gasteiger partial charge in [0.2, 0.25) is 11.8 Å². The van der Waals surface area contributed by atoms with Crippen LogP contribution in [0.2, 0.25) is 0 Å². The summed E-state index contributed by atoms with van der Waals surface area (Å²) in [4.78, 5) is 38.7. The number of benzene rings is 1. The predicted octanol–water partition coefficient (Wildman–Crippen LogP) is 6.09. The first-order chi connectivity index (χ1) is 16.6. The van der Waals surface area contributed by atoms with E-state index in [1.54, 1.807) is 19.1 Å². The standard InChI is InChI=1S/C30H42N2O3/c1-19(33)20-5-9-22(10-6-20)31-27(34)14-8-21-7-12-24-23-11-13-26-30(3,18-16-28(35)32(26)4)25(23)15-17-29(21,24)2/h5-6,9-10,21,23-26H,7-8,11-18H2,1-4H3,(H,31,34)/t21-,23+,24+,25+,26?,29-,30-/m1/s1. The van der Waals surface area contributed by atoms with Crippen LogP contribution >= 0.6 is 0 Å². The van der Waals surface area contributed by atoms with Gasteiger partial charge in [0.15, 0.2) is 5.78 Å². The molecule has 0 radical (unpaired) electrons. The molecular weight excluding hydrogens is 436 g/mol. The number of carbonyl (C=O) groups is 3. The van der Waals surface area contributed by atoms with Gasteiger partial charge in [-0.3, -0.25) is 14.4 Å². The van der Waals surface area contributed by atoms with Gasteiger partial charge < -0.3 is 10.2 Å². The highest BCUT2D eigenvalue weighted by molar-refractivity contribution is 5.95. The Labute approximate surface area is 210 Å². The van der Waals surface area contributed by atoms with Crippen molar-refractivity contribution in [3.8, 4) is 0 Å². The number of fused-ring (bicyclic) bond motifs is 5. The maximum Gasteiger partial charge on any atom is 0.224 e. The molecular formula is C30H42N2O3. The molecule has 7 atom stereocenters. The Hall–Kier alpha value is -2.17. The molecule has 0 aromatic heterocycles. The third-order valence-corrected chi connectivity index (χ3v) is 11.0. The summed E-state index contributed by atoms with van der Waals surface area (Å²) in [7, 11) is 2.03. The number of nitrogens with one attached hydrogen (secondary N) is 1. The zero-order chi connectivity index (χ0) is 25.0. The lowest BCUT2D eigenvalue weighted by molar-refractivity contribution is -0.158. The minimum atomic E-state index is 0.0353. The van der Waals surface area contributed by atoms with E-state index in [1.807, 2.05) is 19.2 Å². The Morgan fingerprint density at radius 3 is 2.40 bits per heavy atom. The van der Waals surface area contributed by atoms with Gasteiger partial charge in [-0.25, -0.2) is 0 Å². The molecule has 190 valence electrons. The van der Waals surface area contributed by atoms with E-state index in [4.69, 9.17) is 0 Å². The van der Waals surface area contributed by atoms with Crippen LogP contribution in [0, 0.1) is 34.5 Å². The van der Waals surface area contributed by atoms with E-state index in [0.29, 0.717) is 41.7 Å². The van der Waals surface area contributed by atoms with Crippen molar-refractivity contribution in [1.29, 1.82) is 0 Å². The van der Waals surface area contributed by atoms with Gasteiger partial charge in [0, 0.05) is 37.2 Å². The molecule has 3 aliphatic carbocycles. The Morgan fingerprint density at radius 1 is 0.971 bits per heavy atom. The van der Waals surface area contributed by atoms with E-state index in [0.717, 1.165) is 42.7 Å². The number of hydrogen-bond acceptors (Lipinski definition) is 3. The smallest absolute Gasteiger partial charge is 0.224 e. The number of carbonyl (C=O) groups excluding carboxylic acids is 3. The van der Waals surface area contributed by atoms with Gasteiger partial charge in [0.1, 0.15) is 0 Å². The predicted molar refractivity (Wildman–Crippen MR) is 138 cm³/mol. The monoisotopic (exact) mass is 478 g/mol. The Bertz CT molecular complexity index is 1000. The first-order valence-electron chi connectivity index (χ1n) is 13.8. The van der Waals surface area contributed by atoms with Crippen LogP contribution in [0.25, 0.3) is 0 Å². The van der Waals surface area contributed by atoms with Crippen molar-refractivity contribution >= 4 is 23.3 Å². The summed E-state index contributed by atoms with van der Waals surface area (Å²) in [5.41, 5.74) is 2.03. The van der Waals surface area contributed by atoms with Crippen LogP contribution in [0.3, 0.4) is 0 Å². The van der Waals surface area contributed by atoms with Crippen molar-refractivity contribution in [3.63, 3.8) is 0 Å². The summed E-state index contributed by atoms with van der Waals surface area (Å²) >= 11 is 0. The fraction of sp³-hybridized carbons (Fsp3) is 0.700. The third-order valence-electron chi connectivity index (χ3n) is 11.0. The highest BCUT2D eigenvalue weighted by atomic mass is 16.2. The van der Waals surface area contributed by atoms with E-state index < -0.39 is 0 Å². The maximum absolute atomic E-state index is 12.7. The minimum absolute atomic E-state index is 0.0353. The van der Waals surface area contributed by atoms with Gasteiger partial charge in [0.25, 0.3) is 0 Å². The van der Waals surface area contributed by atoms with Crippen molar-refractivity contribution in [2.75, 3.05) is 12.4 Å². The lowest BCUT2D eigenvalue weighted by Gasteiger charge is -2.62. The van der Waals surface area contributed by atoms with Crippen molar-refractivity contribution in [3.05, 3.63) is 29.8 Å². The number of ketones is 1. The lowest BCUT2D eigenvalue weighted by Crippen LogP contribution is -2.61. The molecule has 0 spiro atoms. The van der Waals surface area contributed by atoms with Crippen LogP contribution in [-0.4, -0.2) is 35.6 Å². The van der Waals surface area contributed by atoms with E-state index in [1.165, 1.54) is 32.1 Å². The van der Waals surface area contributed by atoms with Crippen LogP contribution in [0.1, 0.15) is 95.3 Å². The topological polar surface area (TPSA) is 66.5 Å². The zero-order valence-corrected chi connectivity index (χ0v) is 21.9. The SMILES string of the molecule is CC(=O)c1ccc(NC(=O)CC[C@H]2CC[C@H]3[C@@H]4CCC5N(C)C(=O)CC[C@]5(C)[C@H]4CC[C@]23C)cc1. The molecule has 35 heavy (non-hydrogen) atoms. The van der Waals surface area contributed by atoms with E-state index in [2.05, 4.69) is 24.1 Å².